The topological polar surface area (TPSA) is 34.1 Å². The number of pyridine rings is 1. The van der Waals surface area contributed by atoms with Gasteiger partial charge in [-0.1, -0.05) is 12.1 Å². The number of fused-ring (bicyclic) bond motifs is 1. The molecule has 19 heavy (non-hydrogen) atoms. The maximum absolute atomic E-state index is 11.8. The molecule has 0 atom stereocenters. The Hall–Kier alpha value is -1.59. The Kier molecular flexibility index (Phi) is 5.18. The van der Waals surface area contributed by atoms with E-state index in [9.17, 15) is 8.78 Å². The summed E-state index contributed by atoms with van der Waals surface area (Å²) in [5.41, 5.74) is 1.15. The zero-order chi connectivity index (χ0) is 13.5. The lowest BCUT2D eigenvalue weighted by Gasteiger charge is -2.07. The number of ether oxygens (including phenoxy) is 1. The first-order valence-electron chi connectivity index (χ1n) is 6.15. The maximum Gasteiger partial charge on any atom is 0.261 e. The highest BCUT2D eigenvalue weighted by Gasteiger charge is 2.01. The fourth-order valence-electron chi connectivity index (χ4n) is 1.79. The number of halogens is 2. The van der Waals surface area contributed by atoms with Gasteiger partial charge in [0, 0.05) is 30.9 Å². The summed E-state index contributed by atoms with van der Waals surface area (Å²) in [5, 5.41) is 5.40. The molecule has 1 N–H and O–H groups in total. The third-order valence-corrected chi connectivity index (χ3v) is 2.70. The quantitative estimate of drug-likeness (QED) is 0.782. The summed E-state index contributed by atoms with van der Waals surface area (Å²) >= 11 is 0. The summed E-state index contributed by atoms with van der Waals surface area (Å²) in [6.45, 7) is 1.05. The molecule has 0 unspecified atom stereocenters. The molecule has 1 aromatic heterocycles. The molecule has 1 aromatic carbocycles. The van der Waals surface area contributed by atoms with Crippen LogP contribution in [-0.4, -0.2) is 31.2 Å². The molecule has 0 saturated carbocycles. The highest BCUT2D eigenvalue weighted by molar-refractivity contribution is 5.81. The molecule has 2 aromatic rings. The van der Waals surface area contributed by atoms with E-state index in [1.54, 1.807) is 6.20 Å². The lowest BCUT2D eigenvalue weighted by Crippen LogP contribution is -2.20. The lowest BCUT2D eigenvalue weighted by molar-refractivity contribution is 0.0187. The molecule has 0 bridgehead atoms. The summed E-state index contributed by atoms with van der Waals surface area (Å²) in [4.78, 5) is 4.06. The van der Waals surface area contributed by atoms with Gasteiger partial charge in [-0.05, 0) is 23.1 Å². The Morgan fingerprint density at radius 3 is 2.95 bits per heavy atom. The summed E-state index contributed by atoms with van der Waals surface area (Å²) in [5.74, 6) is 0. The van der Waals surface area contributed by atoms with Crippen LogP contribution >= 0.6 is 0 Å². The standard InChI is InChI=1S/C14H16F2N2O/c15-14(16)10-19-6-5-18-8-11-1-2-13-9-17-4-3-12(13)7-11/h1-4,7,9,14,18H,5-6,8,10H2. The van der Waals surface area contributed by atoms with Crippen molar-refractivity contribution in [3.05, 3.63) is 42.2 Å². The molecular formula is C14H16F2N2O. The lowest BCUT2D eigenvalue weighted by atomic mass is 10.1. The molecule has 0 radical (unpaired) electrons. The number of rotatable bonds is 7. The smallest absolute Gasteiger partial charge is 0.261 e. The minimum atomic E-state index is -2.39. The third-order valence-electron chi connectivity index (χ3n) is 2.70. The number of nitrogens with zero attached hydrogens (tertiary/aromatic N) is 1. The van der Waals surface area contributed by atoms with E-state index in [2.05, 4.69) is 16.4 Å². The van der Waals surface area contributed by atoms with E-state index in [-0.39, 0.29) is 0 Å². The first kappa shape index (κ1) is 13.8. The van der Waals surface area contributed by atoms with Gasteiger partial charge in [-0.25, -0.2) is 8.78 Å². The van der Waals surface area contributed by atoms with Crippen LogP contribution in [0.3, 0.4) is 0 Å². The number of hydrogen-bond acceptors (Lipinski definition) is 3. The monoisotopic (exact) mass is 266 g/mol. The van der Waals surface area contributed by atoms with Crippen molar-refractivity contribution in [1.82, 2.24) is 10.3 Å². The fourth-order valence-corrected chi connectivity index (χ4v) is 1.79. The molecule has 0 aliphatic rings. The van der Waals surface area contributed by atoms with Crippen LogP contribution in [0.5, 0.6) is 0 Å². The van der Waals surface area contributed by atoms with Crippen molar-refractivity contribution in [3.63, 3.8) is 0 Å². The number of aromatic nitrogens is 1. The molecule has 2 rings (SSSR count). The molecular weight excluding hydrogens is 250 g/mol. The van der Waals surface area contributed by atoms with E-state index >= 15 is 0 Å². The van der Waals surface area contributed by atoms with Crippen LogP contribution in [0.1, 0.15) is 5.56 Å². The summed E-state index contributed by atoms with van der Waals surface area (Å²) in [6.07, 6.45) is 1.19. The third kappa shape index (κ3) is 4.54. The van der Waals surface area contributed by atoms with Crippen molar-refractivity contribution in [2.24, 2.45) is 0 Å². The van der Waals surface area contributed by atoms with Crippen molar-refractivity contribution in [2.75, 3.05) is 19.8 Å². The van der Waals surface area contributed by atoms with E-state index in [1.165, 1.54) is 0 Å². The molecule has 0 saturated heterocycles. The predicted octanol–water partition coefficient (Wildman–Crippen LogP) is 2.61. The van der Waals surface area contributed by atoms with Crippen LogP contribution in [-0.2, 0) is 11.3 Å². The average Bonchev–Trinajstić information content (AvgIpc) is 2.42. The van der Waals surface area contributed by atoms with E-state index in [4.69, 9.17) is 4.74 Å². The second kappa shape index (κ2) is 7.11. The predicted molar refractivity (Wildman–Crippen MR) is 70.3 cm³/mol. The maximum atomic E-state index is 11.8. The van der Waals surface area contributed by atoms with Crippen LogP contribution in [0.25, 0.3) is 10.8 Å². The largest absolute Gasteiger partial charge is 0.374 e. The minimum Gasteiger partial charge on any atom is -0.374 e. The molecule has 3 nitrogen and oxygen atoms in total. The van der Waals surface area contributed by atoms with Gasteiger partial charge < -0.3 is 10.1 Å². The van der Waals surface area contributed by atoms with E-state index < -0.39 is 13.0 Å². The minimum absolute atomic E-state index is 0.293. The van der Waals surface area contributed by atoms with Crippen molar-refractivity contribution in [3.8, 4) is 0 Å². The first-order chi connectivity index (χ1) is 9.25. The number of alkyl halides is 2. The summed E-state index contributed by atoms with van der Waals surface area (Å²) < 4.78 is 28.4. The van der Waals surface area contributed by atoms with Crippen molar-refractivity contribution < 1.29 is 13.5 Å². The number of hydrogen-bond donors (Lipinski definition) is 1. The van der Waals surface area contributed by atoms with E-state index in [0.717, 1.165) is 16.3 Å². The Labute approximate surface area is 110 Å². The SMILES string of the molecule is FC(F)COCCNCc1ccc2cnccc2c1. The van der Waals surface area contributed by atoms with Crippen molar-refractivity contribution in [2.45, 2.75) is 13.0 Å². The molecule has 0 fully saturated rings. The Morgan fingerprint density at radius 1 is 1.21 bits per heavy atom. The van der Waals surface area contributed by atoms with Gasteiger partial charge in [0.25, 0.3) is 6.43 Å². The molecule has 0 aliphatic heterocycles. The number of benzene rings is 1. The zero-order valence-corrected chi connectivity index (χ0v) is 10.5. The van der Waals surface area contributed by atoms with Crippen LogP contribution < -0.4 is 5.32 Å². The van der Waals surface area contributed by atoms with Crippen LogP contribution in [0.4, 0.5) is 8.78 Å². The normalized spacial score (nSPS) is 11.3. The van der Waals surface area contributed by atoms with Gasteiger partial charge in [-0.2, -0.15) is 0 Å². The number of nitrogens with one attached hydrogen (secondary N) is 1. The van der Waals surface area contributed by atoms with Gasteiger partial charge >= 0.3 is 0 Å². The molecule has 1 heterocycles. The molecule has 102 valence electrons. The summed E-state index contributed by atoms with van der Waals surface area (Å²) in [7, 11) is 0. The van der Waals surface area contributed by atoms with E-state index in [0.29, 0.717) is 19.7 Å². The second-order valence-corrected chi connectivity index (χ2v) is 4.20. The van der Waals surface area contributed by atoms with Gasteiger partial charge in [0.15, 0.2) is 0 Å². The van der Waals surface area contributed by atoms with Gasteiger partial charge in [0.2, 0.25) is 0 Å². The van der Waals surface area contributed by atoms with Crippen molar-refractivity contribution >= 4 is 10.8 Å². The van der Waals surface area contributed by atoms with Gasteiger partial charge in [-0.3, -0.25) is 4.98 Å². The van der Waals surface area contributed by atoms with E-state index in [1.807, 2.05) is 24.4 Å². The highest BCUT2D eigenvalue weighted by atomic mass is 19.3. The average molecular weight is 266 g/mol. The Balaban J connectivity index is 1.75. The van der Waals surface area contributed by atoms with Crippen LogP contribution in [0, 0.1) is 0 Å². The first-order valence-corrected chi connectivity index (χ1v) is 6.15. The molecule has 0 spiro atoms. The van der Waals surface area contributed by atoms with Crippen LogP contribution in [0.2, 0.25) is 0 Å². The molecule has 0 amide bonds. The van der Waals surface area contributed by atoms with Crippen LogP contribution in [0.15, 0.2) is 36.7 Å². The Morgan fingerprint density at radius 2 is 2.11 bits per heavy atom. The highest BCUT2D eigenvalue weighted by Crippen LogP contribution is 2.14. The molecule has 0 aliphatic carbocycles. The van der Waals surface area contributed by atoms with Gasteiger partial charge in [0.05, 0.1) is 6.61 Å². The zero-order valence-electron chi connectivity index (χ0n) is 10.5. The molecule has 5 heteroatoms. The van der Waals surface area contributed by atoms with Crippen molar-refractivity contribution in [1.29, 1.82) is 0 Å². The second-order valence-electron chi connectivity index (χ2n) is 4.20. The summed E-state index contributed by atoms with van der Waals surface area (Å²) in [6, 6.07) is 8.10. The van der Waals surface area contributed by atoms with Gasteiger partial charge in [-0.15, -0.1) is 0 Å². The fraction of sp³-hybridized carbons (Fsp3) is 0.357. The van der Waals surface area contributed by atoms with Gasteiger partial charge in [0.1, 0.15) is 6.61 Å². The Bertz CT molecular complexity index is 520.